The highest BCUT2D eigenvalue weighted by Gasteiger charge is 2.19. The van der Waals surface area contributed by atoms with Gasteiger partial charge in [0.05, 0.1) is 0 Å². The van der Waals surface area contributed by atoms with Crippen LogP contribution in [0.25, 0.3) is 0 Å². The van der Waals surface area contributed by atoms with E-state index < -0.39 is 11.6 Å². The van der Waals surface area contributed by atoms with E-state index in [0.29, 0.717) is 12.5 Å². The van der Waals surface area contributed by atoms with Crippen LogP contribution in [0.15, 0.2) is 6.07 Å². The number of anilines is 2. The second-order valence-corrected chi connectivity index (χ2v) is 5.41. The van der Waals surface area contributed by atoms with Crippen molar-refractivity contribution in [2.24, 2.45) is 11.8 Å². The highest BCUT2D eigenvalue weighted by Crippen LogP contribution is 2.28. The summed E-state index contributed by atoms with van der Waals surface area (Å²) in [5, 5.41) is 5.62. The number of nitrogens with one attached hydrogen (secondary N) is 2. The first-order valence-corrected chi connectivity index (χ1v) is 6.87. The van der Waals surface area contributed by atoms with Crippen LogP contribution in [0.3, 0.4) is 0 Å². The van der Waals surface area contributed by atoms with Gasteiger partial charge in [0.1, 0.15) is 0 Å². The molecule has 1 aromatic heterocycles. The average Bonchev–Trinajstić information content (AvgIpc) is 2.40. The largest absolute Gasteiger partial charge is 0.371 e. The Labute approximate surface area is 112 Å². The third kappa shape index (κ3) is 3.55. The van der Waals surface area contributed by atoms with Crippen LogP contribution in [0.5, 0.6) is 0 Å². The minimum absolute atomic E-state index is 0.0705. The predicted molar refractivity (Wildman–Crippen MR) is 73.3 cm³/mol. The molecule has 1 saturated carbocycles. The number of rotatable bonds is 4. The Bertz CT molecular complexity index is 429. The molecule has 0 atom stereocenters. The zero-order valence-electron chi connectivity index (χ0n) is 11.5. The average molecular weight is 269 g/mol. The summed E-state index contributed by atoms with van der Waals surface area (Å²) in [7, 11) is 1.57. The lowest BCUT2D eigenvalue weighted by atomic mass is 9.83. The molecule has 0 saturated heterocycles. The maximum atomic E-state index is 13.6. The Balaban J connectivity index is 1.95. The molecule has 0 amide bonds. The van der Waals surface area contributed by atoms with Gasteiger partial charge in [-0.1, -0.05) is 19.8 Å². The smallest absolute Gasteiger partial charge is 0.168 e. The van der Waals surface area contributed by atoms with Crippen LogP contribution in [-0.4, -0.2) is 18.6 Å². The molecule has 0 spiro atoms. The zero-order chi connectivity index (χ0) is 13.8. The number of halogens is 2. The third-order valence-corrected chi connectivity index (χ3v) is 3.86. The quantitative estimate of drug-likeness (QED) is 0.876. The first kappa shape index (κ1) is 14.0. The summed E-state index contributed by atoms with van der Waals surface area (Å²) >= 11 is 0. The highest BCUT2D eigenvalue weighted by atomic mass is 19.1. The van der Waals surface area contributed by atoms with E-state index in [4.69, 9.17) is 0 Å². The number of nitrogens with zero attached hydrogens (tertiary/aromatic N) is 1. The Morgan fingerprint density at radius 2 is 1.79 bits per heavy atom. The first-order chi connectivity index (χ1) is 9.10. The lowest BCUT2D eigenvalue weighted by Crippen LogP contribution is -2.21. The van der Waals surface area contributed by atoms with Crippen molar-refractivity contribution in [3.8, 4) is 0 Å². The number of aromatic nitrogens is 1. The van der Waals surface area contributed by atoms with E-state index in [1.165, 1.54) is 12.8 Å². The van der Waals surface area contributed by atoms with Gasteiger partial charge in [-0.05, 0) is 24.7 Å². The van der Waals surface area contributed by atoms with Crippen molar-refractivity contribution in [3.63, 3.8) is 0 Å². The van der Waals surface area contributed by atoms with Crippen molar-refractivity contribution in [1.29, 1.82) is 0 Å². The first-order valence-electron chi connectivity index (χ1n) is 6.87. The molecule has 0 radical (unpaired) electrons. The van der Waals surface area contributed by atoms with Gasteiger partial charge in [0, 0.05) is 19.7 Å². The molecule has 1 fully saturated rings. The molecule has 106 valence electrons. The molecule has 2 rings (SSSR count). The standard InChI is InChI=1S/C14H21F2N3/c1-9-3-5-10(6-4-9)8-18-14-12(16)7-11(15)13(17-2)19-14/h7,9-10H,3-6,8H2,1-2H3,(H2,17,18,19). The zero-order valence-corrected chi connectivity index (χ0v) is 11.5. The molecule has 0 unspecified atom stereocenters. The van der Waals surface area contributed by atoms with Crippen LogP contribution in [0.2, 0.25) is 0 Å². The molecule has 1 aromatic rings. The summed E-state index contributed by atoms with van der Waals surface area (Å²) in [5.41, 5.74) is 0. The summed E-state index contributed by atoms with van der Waals surface area (Å²) < 4.78 is 26.9. The minimum atomic E-state index is -0.669. The van der Waals surface area contributed by atoms with Crippen molar-refractivity contribution < 1.29 is 8.78 Å². The molecule has 0 bridgehead atoms. The van der Waals surface area contributed by atoms with Crippen molar-refractivity contribution in [1.82, 2.24) is 4.98 Å². The molecule has 1 aliphatic rings. The molecule has 0 aliphatic heterocycles. The fourth-order valence-corrected chi connectivity index (χ4v) is 2.54. The molecular formula is C14H21F2N3. The second kappa shape index (κ2) is 6.17. The van der Waals surface area contributed by atoms with E-state index in [2.05, 4.69) is 22.5 Å². The monoisotopic (exact) mass is 269 g/mol. The van der Waals surface area contributed by atoms with Gasteiger partial charge in [-0.3, -0.25) is 0 Å². The van der Waals surface area contributed by atoms with Crippen molar-refractivity contribution in [2.45, 2.75) is 32.6 Å². The normalized spacial score (nSPS) is 23.2. The highest BCUT2D eigenvalue weighted by molar-refractivity contribution is 5.47. The Hall–Kier alpha value is -1.39. The van der Waals surface area contributed by atoms with Gasteiger partial charge in [0.15, 0.2) is 23.3 Å². The van der Waals surface area contributed by atoms with Crippen LogP contribution in [0.1, 0.15) is 32.6 Å². The molecule has 2 N–H and O–H groups in total. The van der Waals surface area contributed by atoms with Gasteiger partial charge in [-0.15, -0.1) is 0 Å². The fraction of sp³-hybridized carbons (Fsp3) is 0.643. The summed E-state index contributed by atoms with van der Waals surface area (Å²) in [6.07, 6.45) is 4.78. The van der Waals surface area contributed by atoms with Crippen molar-refractivity contribution >= 4 is 11.6 Å². The van der Waals surface area contributed by atoms with E-state index >= 15 is 0 Å². The Kier molecular flexibility index (Phi) is 4.56. The maximum absolute atomic E-state index is 13.6. The van der Waals surface area contributed by atoms with Crippen molar-refractivity contribution in [3.05, 3.63) is 17.7 Å². The molecule has 19 heavy (non-hydrogen) atoms. The molecule has 5 heteroatoms. The Morgan fingerprint density at radius 3 is 2.42 bits per heavy atom. The molecule has 1 aliphatic carbocycles. The predicted octanol–water partition coefficient (Wildman–Crippen LogP) is 3.64. The lowest BCUT2D eigenvalue weighted by Gasteiger charge is -2.26. The minimum Gasteiger partial charge on any atom is -0.371 e. The molecule has 0 aromatic carbocycles. The van der Waals surface area contributed by atoms with Crippen LogP contribution < -0.4 is 10.6 Å². The van der Waals surface area contributed by atoms with Gasteiger partial charge in [-0.25, -0.2) is 13.8 Å². The van der Waals surface area contributed by atoms with Gasteiger partial charge in [0.2, 0.25) is 0 Å². The van der Waals surface area contributed by atoms with E-state index in [0.717, 1.165) is 24.8 Å². The maximum Gasteiger partial charge on any atom is 0.168 e. The van der Waals surface area contributed by atoms with Gasteiger partial charge in [0.25, 0.3) is 0 Å². The number of hydrogen-bond donors (Lipinski definition) is 2. The van der Waals surface area contributed by atoms with Crippen molar-refractivity contribution in [2.75, 3.05) is 24.2 Å². The van der Waals surface area contributed by atoms with Crippen LogP contribution in [0.4, 0.5) is 20.4 Å². The van der Waals surface area contributed by atoms with Crippen LogP contribution in [-0.2, 0) is 0 Å². The van der Waals surface area contributed by atoms with Crippen LogP contribution in [0, 0.1) is 23.5 Å². The van der Waals surface area contributed by atoms with Gasteiger partial charge >= 0.3 is 0 Å². The summed E-state index contributed by atoms with van der Waals surface area (Å²) in [6, 6.07) is 0.865. The third-order valence-electron chi connectivity index (χ3n) is 3.86. The van der Waals surface area contributed by atoms with E-state index in [9.17, 15) is 8.78 Å². The number of pyridine rings is 1. The fourth-order valence-electron chi connectivity index (χ4n) is 2.54. The van der Waals surface area contributed by atoms with Gasteiger partial charge in [-0.2, -0.15) is 0 Å². The number of hydrogen-bond acceptors (Lipinski definition) is 3. The summed E-state index contributed by atoms with van der Waals surface area (Å²) in [5.74, 6) is 0.247. The summed E-state index contributed by atoms with van der Waals surface area (Å²) in [6.45, 7) is 2.97. The molecular weight excluding hydrogens is 248 g/mol. The van der Waals surface area contributed by atoms with E-state index in [1.54, 1.807) is 7.05 Å². The topological polar surface area (TPSA) is 37.0 Å². The SMILES string of the molecule is CNc1nc(NCC2CCC(C)CC2)c(F)cc1F. The summed E-state index contributed by atoms with van der Waals surface area (Å²) in [4.78, 5) is 3.92. The van der Waals surface area contributed by atoms with E-state index in [-0.39, 0.29) is 11.6 Å². The Morgan fingerprint density at radius 1 is 1.16 bits per heavy atom. The second-order valence-electron chi connectivity index (χ2n) is 5.41. The lowest BCUT2D eigenvalue weighted by molar-refractivity contribution is 0.300. The molecule has 3 nitrogen and oxygen atoms in total. The van der Waals surface area contributed by atoms with Crippen LogP contribution >= 0.6 is 0 Å². The molecule has 1 heterocycles. The van der Waals surface area contributed by atoms with E-state index in [1.807, 2.05) is 0 Å². The van der Waals surface area contributed by atoms with Gasteiger partial charge < -0.3 is 10.6 Å².